The van der Waals surface area contributed by atoms with Gasteiger partial charge in [-0.05, 0) is 32.0 Å². The van der Waals surface area contributed by atoms with Crippen molar-refractivity contribution in [2.24, 2.45) is 0 Å². The number of nitrogens with one attached hydrogen (secondary N) is 1. The van der Waals surface area contributed by atoms with Crippen LogP contribution in [0.25, 0.3) is 28.0 Å². The first-order valence-corrected chi connectivity index (χ1v) is 10.5. The van der Waals surface area contributed by atoms with E-state index in [-0.39, 0.29) is 5.97 Å². The monoisotopic (exact) mass is 422 g/mol. The number of nitrogens with zero attached hydrogens (tertiary/aromatic N) is 3. The second-order valence-corrected chi connectivity index (χ2v) is 7.91. The van der Waals surface area contributed by atoms with Crippen LogP contribution in [0, 0.1) is 0 Å². The first-order chi connectivity index (χ1) is 14.6. The van der Waals surface area contributed by atoms with Crippen LogP contribution in [-0.2, 0) is 9.53 Å². The zero-order valence-electron chi connectivity index (χ0n) is 17.0. The van der Waals surface area contributed by atoms with E-state index in [0.717, 1.165) is 27.9 Å². The summed E-state index contributed by atoms with van der Waals surface area (Å²) < 4.78 is 12.5. The lowest BCUT2D eigenvalue weighted by atomic mass is 10.1. The van der Waals surface area contributed by atoms with Gasteiger partial charge in [0.2, 0.25) is 0 Å². The fourth-order valence-corrected chi connectivity index (χ4v) is 4.09. The molecular formula is C22H22N4O3S. The van der Waals surface area contributed by atoms with Gasteiger partial charge in [-0.1, -0.05) is 36.0 Å². The summed E-state index contributed by atoms with van der Waals surface area (Å²) in [5.74, 6) is 1.12. The second-order valence-electron chi connectivity index (χ2n) is 6.60. The Kier molecular flexibility index (Phi) is 5.76. The highest BCUT2D eigenvalue weighted by Gasteiger charge is 2.24. The van der Waals surface area contributed by atoms with Crippen molar-refractivity contribution < 1.29 is 14.3 Å². The van der Waals surface area contributed by atoms with Gasteiger partial charge in [-0.2, -0.15) is 0 Å². The summed E-state index contributed by atoms with van der Waals surface area (Å²) in [6.45, 7) is 3.94. The van der Waals surface area contributed by atoms with Gasteiger partial charge in [-0.3, -0.25) is 9.36 Å². The van der Waals surface area contributed by atoms with Crippen LogP contribution in [0.15, 0.2) is 59.9 Å². The van der Waals surface area contributed by atoms with Crippen molar-refractivity contribution in [3.8, 4) is 22.8 Å². The van der Waals surface area contributed by atoms with Crippen LogP contribution in [0.3, 0.4) is 0 Å². The summed E-state index contributed by atoms with van der Waals surface area (Å²) in [5, 5.41) is 10.1. The lowest BCUT2D eigenvalue weighted by molar-refractivity contribution is -0.142. The smallest absolute Gasteiger partial charge is 0.319 e. The minimum absolute atomic E-state index is 0.281. The highest BCUT2D eigenvalue weighted by Crippen LogP contribution is 2.34. The molecule has 0 unspecified atom stereocenters. The van der Waals surface area contributed by atoms with E-state index < -0.39 is 5.25 Å². The van der Waals surface area contributed by atoms with Crippen LogP contribution in [0.4, 0.5) is 0 Å². The zero-order chi connectivity index (χ0) is 21.1. The van der Waals surface area contributed by atoms with E-state index in [1.165, 1.54) is 11.8 Å². The number of rotatable bonds is 7. The standard InChI is InChI=1S/C22H22N4O3S/c1-4-29-21(27)14(2)30-22-25-24-20(18-13-23-19-11-6-5-10-17(18)19)26(22)15-8-7-9-16(12-15)28-3/h5-14,23H,4H2,1-3H3/t14-/m1/s1. The number of thioether (sulfide) groups is 1. The highest BCUT2D eigenvalue weighted by atomic mass is 32.2. The molecule has 2 aromatic carbocycles. The maximum Gasteiger partial charge on any atom is 0.319 e. The predicted molar refractivity (Wildman–Crippen MR) is 117 cm³/mol. The molecule has 0 bridgehead atoms. The van der Waals surface area contributed by atoms with Crippen molar-refractivity contribution in [1.82, 2.24) is 19.7 Å². The normalized spacial score (nSPS) is 12.1. The number of esters is 1. The van der Waals surface area contributed by atoms with Gasteiger partial charge >= 0.3 is 5.97 Å². The second kappa shape index (κ2) is 8.62. The molecule has 0 spiro atoms. The Hall–Kier alpha value is -3.26. The molecule has 1 N–H and O–H groups in total. The van der Waals surface area contributed by atoms with Gasteiger partial charge in [0.1, 0.15) is 11.0 Å². The summed E-state index contributed by atoms with van der Waals surface area (Å²) in [6, 6.07) is 15.7. The quantitative estimate of drug-likeness (QED) is 0.350. The largest absolute Gasteiger partial charge is 0.497 e. The van der Waals surface area contributed by atoms with E-state index >= 15 is 0 Å². The van der Waals surface area contributed by atoms with E-state index in [2.05, 4.69) is 15.2 Å². The fraction of sp³-hybridized carbons (Fsp3) is 0.227. The lowest BCUT2D eigenvalue weighted by Crippen LogP contribution is -2.17. The lowest BCUT2D eigenvalue weighted by Gasteiger charge is -2.13. The van der Waals surface area contributed by atoms with Crippen LogP contribution in [0.5, 0.6) is 5.75 Å². The molecule has 2 heterocycles. The molecule has 0 fully saturated rings. The third-order valence-corrected chi connectivity index (χ3v) is 5.70. The predicted octanol–water partition coefficient (Wildman–Crippen LogP) is 4.47. The summed E-state index contributed by atoms with van der Waals surface area (Å²) in [4.78, 5) is 15.5. The molecule has 0 aliphatic heterocycles. The topological polar surface area (TPSA) is 82.0 Å². The van der Waals surface area contributed by atoms with Crippen molar-refractivity contribution in [3.05, 3.63) is 54.7 Å². The Bertz CT molecular complexity index is 1180. The molecular weight excluding hydrogens is 400 g/mol. The average Bonchev–Trinajstić information content (AvgIpc) is 3.37. The molecule has 0 aliphatic rings. The van der Waals surface area contributed by atoms with Crippen LogP contribution in [0.2, 0.25) is 0 Å². The van der Waals surface area contributed by atoms with E-state index in [0.29, 0.717) is 17.6 Å². The third kappa shape index (κ3) is 3.78. The molecule has 1 atom stereocenters. The number of hydrogen-bond acceptors (Lipinski definition) is 6. The summed E-state index contributed by atoms with van der Waals surface area (Å²) in [6.07, 6.45) is 1.93. The Morgan fingerprint density at radius 1 is 1.20 bits per heavy atom. The summed E-state index contributed by atoms with van der Waals surface area (Å²) >= 11 is 1.31. The maximum absolute atomic E-state index is 12.2. The molecule has 0 saturated carbocycles. The zero-order valence-corrected chi connectivity index (χ0v) is 17.8. The van der Waals surface area contributed by atoms with Crippen LogP contribution in [-0.4, -0.2) is 44.7 Å². The molecule has 0 amide bonds. The number of para-hydroxylation sites is 1. The number of carbonyl (C=O) groups excluding carboxylic acids is 1. The average molecular weight is 423 g/mol. The van der Waals surface area contributed by atoms with Gasteiger partial charge in [-0.25, -0.2) is 0 Å². The fourth-order valence-electron chi connectivity index (χ4n) is 3.23. The number of carbonyl (C=O) groups is 1. The number of benzene rings is 2. The van der Waals surface area contributed by atoms with Crippen molar-refractivity contribution in [1.29, 1.82) is 0 Å². The molecule has 4 rings (SSSR count). The first-order valence-electron chi connectivity index (χ1n) is 9.62. The molecule has 8 heteroatoms. The van der Waals surface area contributed by atoms with E-state index in [1.807, 2.05) is 59.3 Å². The Morgan fingerprint density at radius 3 is 2.83 bits per heavy atom. The van der Waals surface area contributed by atoms with Gasteiger partial charge in [0.15, 0.2) is 11.0 Å². The van der Waals surface area contributed by atoms with Gasteiger partial charge in [0.05, 0.1) is 19.4 Å². The molecule has 4 aromatic rings. The Labute approximate surface area is 178 Å². The summed E-state index contributed by atoms with van der Waals surface area (Å²) in [5.41, 5.74) is 2.79. The first kappa shape index (κ1) is 20.0. The van der Waals surface area contributed by atoms with Gasteiger partial charge < -0.3 is 14.5 Å². The number of aromatic nitrogens is 4. The van der Waals surface area contributed by atoms with Crippen molar-refractivity contribution in [2.45, 2.75) is 24.3 Å². The number of methoxy groups -OCH3 is 1. The molecule has 0 saturated heterocycles. The molecule has 2 aromatic heterocycles. The molecule has 0 radical (unpaired) electrons. The Morgan fingerprint density at radius 2 is 2.03 bits per heavy atom. The van der Waals surface area contributed by atoms with E-state index in [9.17, 15) is 4.79 Å². The van der Waals surface area contributed by atoms with E-state index in [1.54, 1.807) is 21.0 Å². The third-order valence-electron chi connectivity index (χ3n) is 4.68. The highest BCUT2D eigenvalue weighted by molar-refractivity contribution is 8.00. The molecule has 154 valence electrons. The minimum Gasteiger partial charge on any atom is -0.497 e. The molecule has 30 heavy (non-hydrogen) atoms. The molecule has 0 aliphatic carbocycles. The number of aromatic amines is 1. The van der Waals surface area contributed by atoms with Crippen LogP contribution < -0.4 is 4.74 Å². The van der Waals surface area contributed by atoms with Gasteiger partial charge in [0.25, 0.3) is 0 Å². The number of ether oxygens (including phenoxy) is 2. The number of hydrogen-bond donors (Lipinski definition) is 1. The van der Waals surface area contributed by atoms with Crippen molar-refractivity contribution >= 4 is 28.6 Å². The van der Waals surface area contributed by atoms with E-state index in [4.69, 9.17) is 9.47 Å². The summed E-state index contributed by atoms with van der Waals surface area (Å²) in [7, 11) is 1.63. The molecule has 7 nitrogen and oxygen atoms in total. The van der Waals surface area contributed by atoms with Crippen LogP contribution in [0.1, 0.15) is 13.8 Å². The number of fused-ring (bicyclic) bond motifs is 1. The minimum atomic E-state index is -0.422. The van der Waals surface area contributed by atoms with Crippen LogP contribution >= 0.6 is 11.8 Å². The van der Waals surface area contributed by atoms with Gasteiger partial charge in [-0.15, -0.1) is 10.2 Å². The van der Waals surface area contributed by atoms with Gasteiger partial charge in [0, 0.05) is 28.7 Å². The van der Waals surface area contributed by atoms with Crippen molar-refractivity contribution in [2.75, 3.05) is 13.7 Å². The Balaban J connectivity index is 1.84. The number of H-pyrrole nitrogens is 1. The van der Waals surface area contributed by atoms with Crippen molar-refractivity contribution in [3.63, 3.8) is 0 Å². The SMILES string of the molecule is CCOC(=O)[C@@H](C)Sc1nnc(-c2c[nH]c3ccccc23)n1-c1cccc(OC)c1. The maximum atomic E-state index is 12.2.